The van der Waals surface area contributed by atoms with Crippen LogP contribution in [0.2, 0.25) is 0 Å². The van der Waals surface area contributed by atoms with Crippen LogP contribution in [0.3, 0.4) is 0 Å². The lowest BCUT2D eigenvalue weighted by atomic mass is 10.1. The number of hydrogen-bond acceptors (Lipinski definition) is 4. The summed E-state index contributed by atoms with van der Waals surface area (Å²) in [6.07, 6.45) is 3.13. The minimum atomic E-state index is 0.699. The van der Waals surface area contributed by atoms with Crippen LogP contribution in [0.1, 0.15) is 18.9 Å². The highest BCUT2D eigenvalue weighted by molar-refractivity contribution is 5.37. The van der Waals surface area contributed by atoms with E-state index in [-0.39, 0.29) is 0 Å². The number of methoxy groups -OCH3 is 1. The Labute approximate surface area is 109 Å². The van der Waals surface area contributed by atoms with Crippen molar-refractivity contribution < 1.29 is 4.74 Å². The Morgan fingerprint density at radius 2 is 2.44 bits per heavy atom. The van der Waals surface area contributed by atoms with Gasteiger partial charge < -0.3 is 10.1 Å². The van der Waals surface area contributed by atoms with Crippen molar-refractivity contribution in [2.75, 3.05) is 38.7 Å². The summed E-state index contributed by atoms with van der Waals surface area (Å²) >= 11 is 0. The van der Waals surface area contributed by atoms with Crippen LogP contribution in [0.25, 0.3) is 0 Å². The van der Waals surface area contributed by atoms with Crippen molar-refractivity contribution >= 4 is 5.82 Å². The maximum Gasteiger partial charge on any atom is 0.126 e. The van der Waals surface area contributed by atoms with Crippen molar-refractivity contribution in [3.05, 3.63) is 23.9 Å². The molecule has 0 saturated carbocycles. The number of aromatic nitrogens is 1. The van der Waals surface area contributed by atoms with Gasteiger partial charge in [-0.15, -0.1) is 0 Å². The minimum Gasteiger partial charge on any atom is -0.384 e. The van der Waals surface area contributed by atoms with Crippen LogP contribution in [-0.4, -0.2) is 43.2 Å². The highest BCUT2D eigenvalue weighted by Gasteiger charge is 2.22. The first-order chi connectivity index (χ1) is 8.81. The van der Waals surface area contributed by atoms with E-state index in [1.54, 1.807) is 7.11 Å². The Morgan fingerprint density at radius 1 is 1.56 bits per heavy atom. The van der Waals surface area contributed by atoms with Crippen molar-refractivity contribution in [2.24, 2.45) is 5.92 Å². The smallest absolute Gasteiger partial charge is 0.126 e. The number of nitrogens with one attached hydrogen (secondary N) is 1. The summed E-state index contributed by atoms with van der Waals surface area (Å²) in [5, 5.41) is 3.25. The fourth-order valence-electron chi connectivity index (χ4n) is 2.54. The Balaban J connectivity index is 1.88. The zero-order valence-electron chi connectivity index (χ0n) is 11.4. The van der Waals surface area contributed by atoms with Gasteiger partial charge in [-0.25, -0.2) is 4.98 Å². The largest absolute Gasteiger partial charge is 0.384 e. The van der Waals surface area contributed by atoms with Gasteiger partial charge in [0.25, 0.3) is 0 Å². The molecule has 1 fully saturated rings. The van der Waals surface area contributed by atoms with Gasteiger partial charge in [0, 0.05) is 32.9 Å². The van der Waals surface area contributed by atoms with Crippen LogP contribution < -0.4 is 5.32 Å². The molecule has 1 aromatic heterocycles. The number of ether oxygens (including phenoxy) is 1. The first-order valence-corrected chi connectivity index (χ1v) is 6.72. The molecule has 0 aliphatic carbocycles. The lowest BCUT2D eigenvalue weighted by Crippen LogP contribution is -2.21. The Kier molecular flexibility index (Phi) is 4.96. The van der Waals surface area contributed by atoms with Crippen LogP contribution in [0.4, 0.5) is 5.82 Å². The average Bonchev–Trinajstić information content (AvgIpc) is 2.78. The minimum absolute atomic E-state index is 0.699. The molecule has 2 rings (SSSR count). The fourth-order valence-corrected chi connectivity index (χ4v) is 2.54. The van der Waals surface area contributed by atoms with Crippen molar-refractivity contribution in [2.45, 2.75) is 19.9 Å². The van der Waals surface area contributed by atoms with E-state index in [1.165, 1.54) is 18.5 Å². The Morgan fingerprint density at radius 3 is 3.22 bits per heavy atom. The third-order valence-corrected chi connectivity index (χ3v) is 3.36. The summed E-state index contributed by atoms with van der Waals surface area (Å²) in [6, 6.07) is 4.25. The molecule has 4 heteroatoms. The zero-order chi connectivity index (χ0) is 12.8. The van der Waals surface area contributed by atoms with Gasteiger partial charge in [0.05, 0.1) is 6.61 Å². The maximum absolute atomic E-state index is 5.23. The number of anilines is 1. The summed E-state index contributed by atoms with van der Waals surface area (Å²) in [7, 11) is 1.79. The van der Waals surface area contributed by atoms with Crippen molar-refractivity contribution in [3.8, 4) is 0 Å². The fraction of sp³-hybridized carbons (Fsp3) is 0.643. The molecular weight excluding hydrogens is 226 g/mol. The first kappa shape index (κ1) is 13.3. The van der Waals surface area contributed by atoms with Crippen LogP contribution in [0, 0.1) is 5.92 Å². The lowest BCUT2D eigenvalue weighted by Gasteiger charge is -2.16. The molecule has 0 spiro atoms. The van der Waals surface area contributed by atoms with E-state index in [9.17, 15) is 0 Å². The molecule has 1 aliphatic heterocycles. The second-order valence-corrected chi connectivity index (χ2v) is 4.92. The van der Waals surface area contributed by atoms with Gasteiger partial charge in [-0.1, -0.05) is 0 Å². The van der Waals surface area contributed by atoms with Crippen LogP contribution in [0.5, 0.6) is 0 Å². The molecule has 0 aromatic carbocycles. The summed E-state index contributed by atoms with van der Waals surface area (Å²) in [5.74, 6) is 1.67. The Hall–Kier alpha value is -1.13. The van der Waals surface area contributed by atoms with E-state index >= 15 is 0 Å². The molecule has 1 atom stereocenters. The molecule has 100 valence electrons. The van der Waals surface area contributed by atoms with Gasteiger partial charge in [-0.2, -0.15) is 0 Å². The summed E-state index contributed by atoms with van der Waals surface area (Å²) in [5.41, 5.74) is 1.33. The quantitative estimate of drug-likeness (QED) is 0.836. The predicted octanol–water partition coefficient (Wildman–Crippen LogP) is 1.98. The molecule has 1 N–H and O–H groups in total. The summed E-state index contributed by atoms with van der Waals surface area (Å²) in [6.45, 7) is 7.22. The normalized spacial score (nSPS) is 20.2. The standard InChI is InChI=1S/C14H23N3O/c1-3-15-14-8-12(4-6-16-14)9-17-7-5-13(10-17)11-18-2/h4,6,8,13H,3,5,7,9-11H2,1-2H3,(H,15,16). The number of likely N-dealkylation sites (tertiary alicyclic amines) is 1. The van der Waals surface area contributed by atoms with Crippen LogP contribution in [-0.2, 0) is 11.3 Å². The van der Waals surface area contributed by atoms with Crippen molar-refractivity contribution in [3.63, 3.8) is 0 Å². The number of rotatable bonds is 6. The van der Waals surface area contributed by atoms with Crippen LogP contribution in [0.15, 0.2) is 18.3 Å². The number of nitrogens with zero attached hydrogens (tertiary/aromatic N) is 2. The zero-order valence-corrected chi connectivity index (χ0v) is 11.4. The van der Waals surface area contributed by atoms with Gasteiger partial charge in [0.15, 0.2) is 0 Å². The highest BCUT2D eigenvalue weighted by Crippen LogP contribution is 2.19. The van der Waals surface area contributed by atoms with E-state index < -0.39 is 0 Å². The molecule has 4 nitrogen and oxygen atoms in total. The molecule has 1 unspecified atom stereocenters. The van der Waals surface area contributed by atoms with E-state index in [0.717, 1.165) is 32.1 Å². The van der Waals surface area contributed by atoms with Gasteiger partial charge in [0.1, 0.15) is 5.82 Å². The molecule has 18 heavy (non-hydrogen) atoms. The molecule has 2 heterocycles. The van der Waals surface area contributed by atoms with Gasteiger partial charge >= 0.3 is 0 Å². The first-order valence-electron chi connectivity index (χ1n) is 6.72. The van der Waals surface area contributed by atoms with Gasteiger partial charge in [-0.05, 0) is 43.5 Å². The molecule has 0 radical (unpaired) electrons. The third kappa shape index (κ3) is 3.68. The second kappa shape index (κ2) is 6.71. The molecule has 0 amide bonds. The highest BCUT2D eigenvalue weighted by atomic mass is 16.5. The van der Waals surface area contributed by atoms with E-state index in [1.807, 2.05) is 6.20 Å². The van der Waals surface area contributed by atoms with Crippen molar-refractivity contribution in [1.29, 1.82) is 0 Å². The third-order valence-electron chi connectivity index (χ3n) is 3.36. The average molecular weight is 249 g/mol. The maximum atomic E-state index is 5.23. The van der Waals surface area contributed by atoms with Crippen molar-refractivity contribution in [1.82, 2.24) is 9.88 Å². The summed E-state index contributed by atoms with van der Waals surface area (Å²) < 4.78 is 5.23. The summed E-state index contributed by atoms with van der Waals surface area (Å²) in [4.78, 5) is 6.79. The molecule has 1 aliphatic rings. The lowest BCUT2D eigenvalue weighted by molar-refractivity contribution is 0.152. The van der Waals surface area contributed by atoms with Crippen LogP contribution >= 0.6 is 0 Å². The van der Waals surface area contributed by atoms with E-state index in [0.29, 0.717) is 5.92 Å². The predicted molar refractivity (Wildman–Crippen MR) is 73.7 cm³/mol. The number of pyridine rings is 1. The molecule has 1 aromatic rings. The molecule has 1 saturated heterocycles. The number of hydrogen-bond donors (Lipinski definition) is 1. The topological polar surface area (TPSA) is 37.4 Å². The van der Waals surface area contributed by atoms with Gasteiger partial charge in [-0.3, -0.25) is 4.90 Å². The molecular formula is C14H23N3O. The Bertz CT molecular complexity index is 370. The second-order valence-electron chi connectivity index (χ2n) is 4.92. The van der Waals surface area contributed by atoms with E-state index in [2.05, 4.69) is 34.3 Å². The monoisotopic (exact) mass is 249 g/mol. The van der Waals surface area contributed by atoms with Gasteiger partial charge in [0.2, 0.25) is 0 Å². The SMILES string of the molecule is CCNc1cc(CN2CCC(COC)C2)ccn1. The van der Waals surface area contributed by atoms with E-state index in [4.69, 9.17) is 4.74 Å². The molecule has 0 bridgehead atoms.